The summed E-state index contributed by atoms with van der Waals surface area (Å²) in [5.41, 5.74) is 2.33. The zero-order chi connectivity index (χ0) is 44.0. The topological polar surface area (TPSA) is 175 Å². The van der Waals surface area contributed by atoms with Crippen molar-refractivity contribution >= 4 is 29.7 Å². The average Bonchev–Trinajstić information content (AvgIpc) is 3.22. The fraction of sp³-hybridized carbons (Fsp3) is 0.489. The van der Waals surface area contributed by atoms with Gasteiger partial charge in [-0.25, -0.2) is 4.79 Å². The number of esters is 2. The number of carbonyl (C=O) groups excluding carboxylic acids is 5. The quantitative estimate of drug-likeness (QED) is 0.130. The third kappa shape index (κ3) is 13.5. The van der Waals surface area contributed by atoms with E-state index in [2.05, 4.69) is 5.32 Å². The second-order valence-corrected chi connectivity index (χ2v) is 15.5. The molecule has 0 bridgehead atoms. The first-order chi connectivity index (χ1) is 27.9. The lowest BCUT2D eigenvalue weighted by molar-refractivity contribution is -0.164. The minimum absolute atomic E-state index is 0.0174. The summed E-state index contributed by atoms with van der Waals surface area (Å²) in [6.45, 7) is 7.20. The maximum atomic E-state index is 14.5. The van der Waals surface area contributed by atoms with Crippen LogP contribution in [0.5, 0.6) is 17.2 Å². The molecule has 322 valence electrons. The standard InChI is InChI=1S/C45H62N4O10/c1-11-29(4)40(59-45(56)38(47(5)6)27-32-16-23-35(57-9)24-17-32)41(52)46-39(28(2)3)43(54)49(8)37(26-31-14-21-34(51)22-15-31)42(53)48(7)36(44(55)58-10)25-18-30-12-19-33(50)20-13-30/h12-17,19-24,28-29,36-40,50-51H,11,18,25-27H2,1-10H3,(H,46,52)/t29-,36-,37+,38+,39-,40-/m1/s1. The summed E-state index contributed by atoms with van der Waals surface area (Å²) in [5.74, 6) is -3.06. The van der Waals surface area contributed by atoms with Gasteiger partial charge in [0.2, 0.25) is 11.8 Å². The van der Waals surface area contributed by atoms with E-state index in [0.717, 1.165) is 11.1 Å². The Kier molecular flexibility index (Phi) is 18.2. The molecule has 0 radical (unpaired) electrons. The summed E-state index contributed by atoms with van der Waals surface area (Å²) in [6.07, 6.45) is 0.193. The minimum Gasteiger partial charge on any atom is -0.508 e. The highest BCUT2D eigenvalue weighted by molar-refractivity contribution is 5.95. The van der Waals surface area contributed by atoms with Gasteiger partial charge in [-0.15, -0.1) is 0 Å². The van der Waals surface area contributed by atoms with E-state index in [-0.39, 0.29) is 24.3 Å². The van der Waals surface area contributed by atoms with Gasteiger partial charge in [0.25, 0.3) is 5.91 Å². The first-order valence-electron chi connectivity index (χ1n) is 19.9. The molecule has 0 aliphatic heterocycles. The Labute approximate surface area is 348 Å². The molecule has 14 heteroatoms. The van der Waals surface area contributed by atoms with Gasteiger partial charge >= 0.3 is 11.9 Å². The molecule has 0 fully saturated rings. The number of likely N-dealkylation sites (N-methyl/N-ethyl adjacent to an activating group) is 3. The molecular formula is C45H62N4O10. The molecular weight excluding hydrogens is 757 g/mol. The monoisotopic (exact) mass is 818 g/mol. The summed E-state index contributed by atoms with van der Waals surface area (Å²) < 4.78 is 16.3. The molecule has 0 saturated heterocycles. The highest BCUT2D eigenvalue weighted by atomic mass is 16.6. The van der Waals surface area contributed by atoms with Crippen LogP contribution in [0.25, 0.3) is 0 Å². The normalized spacial score (nSPS) is 14.3. The second kappa shape index (κ2) is 22.5. The van der Waals surface area contributed by atoms with Crippen LogP contribution in [0.4, 0.5) is 0 Å². The number of rotatable bonds is 21. The van der Waals surface area contributed by atoms with E-state index in [1.165, 1.54) is 55.3 Å². The molecule has 3 aromatic rings. The Bertz CT molecular complexity index is 1830. The van der Waals surface area contributed by atoms with Crippen molar-refractivity contribution < 1.29 is 48.4 Å². The van der Waals surface area contributed by atoms with Gasteiger partial charge in [-0.3, -0.25) is 24.1 Å². The van der Waals surface area contributed by atoms with Crippen LogP contribution in [0, 0.1) is 11.8 Å². The third-order valence-corrected chi connectivity index (χ3v) is 10.8. The highest BCUT2D eigenvalue weighted by Gasteiger charge is 2.40. The minimum atomic E-state index is -1.22. The molecule has 0 aromatic heterocycles. The molecule has 3 aromatic carbocycles. The van der Waals surface area contributed by atoms with Gasteiger partial charge < -0.3 is 39.5 Å². The molecule has 3 amide bonds. The predicted molar refractivity (Wildman–Crippen MR) is 224 cm³/mol. The number of hydrogen-bond donors (Lipinski definition) is 3. The van der Waals surface area contributed by atoms with E-state index >= 15 is 0 Å². The van der Waals surface area contributed by atoms with Crippen molar-refractivity contribution in [2.75, 3.05) is 42.4 Å². The molecule has 0 heterocycles. The van der Waals surface area contributed by atoms with E-state index in [9.17, 15) is 34.2 Å². The van der Waals surface area contributed by atoms with Gasteiger partial charge in [0.1, 0.15) is 41.4 Å². The van der Waals surface area contributed by atoms with Crippen LogP contribution in [-0.2, 0) is 52.7 Å². The summed E-state index contributed by atoms with van der Waals surface area (Å²) in [6, 6.07) is 16.1. The van der Waals surface area contributed by atoms with Crippen molar-refractivity contribution in [3.8, 4) is 17.2 Å². The lowest BCUT2D eigenvalue weighted by Gasteiger charge is -2.36. The smallest absolute Gasteiger partial charge is 0.328 e. The maximum Gasteiger partial charge on any atom is 0.328 e. The van der Waals surface area contributed by atoms with Gasteiger partial charge in [0, 0.05) is 26.4 Å². The Hall–Kier alpha value is -5.63. The number of benzene rings is 3. The van der Waals surface area contributed by atoms with Crippen molar-refractivity contribution in [3.63, 3.8) is 0 Å². The van der Waals surface area contributed by atoms with Crippen molar-refractivity contribution in [2.45, 2.75) is 90.1 Å². The summed E-state index contributed by atoms with van der Waals surface area (Å²) in [5, 5.41) is 22.5. The molecule has 0 aliphatic rings. The van der Waals surface area contributed by atoms with Crippen molar-refractivity contribution in [1.82, 2.24) is 20.0 Å². The summed E-state index contributed by atoms with van der Waals surface area (Å²) in [7, 11) is 9.27. The van der Waals surface area contributed by atoms with Crippen LogP contribution >= 0.6 is 0 Å². The summed E-state index contributed by atoms with van der Waals surface area (Å²) >= 11 is 0. The van der Waals surface area contributed by atoms with E-state index in [0.29, 0.717) is 30.6 Å². The second-order valence-electron chi connectivity index (χ2n) is 15.5. The van der Waals surface area contributed by atoms with E-state index in [1.54, 1.807) is 83.3 Å². The fourth-order valence-electron chi connectivity index (χ4n) is 6.63. The number of carbonyl (C=O) groups is 5. The Balaban J connectivity index is 1.90. The van der Waals surface area contributed by atoms with Crippen molar-refractivity contribution in [3.05, 3.63) is 89.5 Å². The van der Waals surface area contributed by atoms with Gasteiger partial charge in [-0.05, 0) is 98.8 Å². The molecule has 59 heavy (non-hydrogen) atoms. The molecule has 14 nitrogen and oxygen atoms in total. The SMILES string of the molecule is CC[C@@H](C)[C@@H](OC(=O)[C@H](Cc1ccc(OC)cc1)N(C)C)C(=O)N[C@@H](C(=O)N(C)[C@@H](Cc1ccc(O)cc1)C(=O)N(C)[C@H](CCc1ccc(O)cc1)C(=O)OC)C(C)C. The number of methoxy groups -OCH3 is 2. The number of aryl methyl sites for hydroxylation is 1. The van der Waals surface area contributed by atoms with Crippen LogP contribution in [0.3, 0.4) is 0 Å². The van der Waals surface area contributed by atoms with E-state index in [4.69, 9.17) is 14.2 Å². The van der Waals surface area contributed by atoms with Crippen LogP contribution in [0.15, 0.2) is 72.8 Å². The molecule has 3 rings (SSSR count). The van der Waals surface area contributed by atoms with Gasteiger partial charge in [0.15, 0.2) is 6.10 Å². The Morgan fingerprint density at radius 3 is 1.63 bits per heavy atom. The average molecular weight is 819 g/mol. The number of phenolic OH excluding ortho intramolecular Hbond substituents is 2. The number of hydrogen-bond acceptors (Lipinski definition) is 11. The molecule has 0 unspecified atom stereocenters. The number of aromatic hydroxyl groups is 2. The number of amides is 3. The van der Waals surface area contributed by atoms with Crippen molar-refractivity contribution in [2.24, 2.45) is 11.8 Å². The number of phenols is 2. The predicted octanol–water partition coefficient (Wildman–Crippen LogP) is 4.38. The van der Waals surface area contributed by atoms with Crippen LogP contribution < -0.4 is 10.1 Å². The third-order valence-electron chi connectivity index (χ3n) is 10.8. The van der Waals surface area contributed by atoms with Gasteiger partial charge in [0.05, 0.1) is 14.2 Å². The number of ether oxygens (including phenoxy) is 3. The van der Waals surface area contributed by atoms with E-state index < -0.39 is 71.8 Å². The Morgan fingerprint density at radius 1 is 0.661 bits per heavy atom. The van der Waals surface area contributed by atoms with Crippen LogP contribution in [0.2, 0.25) is 0 Å². The molecule has 0 saturated carbocycles. The lowest BCUT2D eigenvalue weighted by atomic mass is 9.96. The van der Waals surface area contributed by atoms with E-state index in [1.807, 2.05) is 19.1 Å². The summed E-state index contributed by atoms with van der Waals surface area (Å²) in [4.78, 5) is 74.3. The fourth-order valence-corrected chi connectivity index (χ4v) is 6.63. The lowest BCUT2D eigenvalue weighted by Crippen LogP contribution is -2.59. The Morgan fingerprint density at radius 2 is 1.15 bits per heavy atom. The van der Waals surface area contributed by atoms with Crippen molar-refractivity contribution in [1.29, 1.82) is 0 Å². The molecule has 0 aliphatic carbocycles. The first-order valence-corrected chi connectivity index (χ1v) is 19.9. The number of nitrogens with one attached hydrogen (secondary N) is 1. The van der Waals surface area contributed by atoms with Gasteiger partial charge in [-0.1, -0.05) is 64.1 Å². The van der Waals surface area contributed by atoms with Crippen LogP contribution in [0.1, 0.15) is 57.2 Å². The zero-order valence-electron chi connectivity index (χ0n) is 36.0. The first kappa shape index (κ1) is 47.7. The number of nitrogens with zero attached hydrogens (tertiary/aromatic N) is 3. The highest BCUT2D eigenvalue weighted by Crippen LogP contribution is 2.22. The molecule has 6 atom stereocenters. The molecule has 3 N–H and O–H groups in total. The van der Waals surface area contributed by atoms with Crippen LogP contribution in [-0.4, -0.2) is 127 Å². The largest absolute Gasteiger partial charge is 0.508 e. The molecule has 0 spiro atoms. The van der Waals surface area contributed by atoms with Gasteiger partial charge in [-0.2, -0.15) is 0 Å². The maximum absolute atomic E-state index is 14.5. The zero-order valence-corrected chi connectivity index (χ0v) is 36.0.